The Hall–Kier alpha value is 0.360. The summed E-state index contributed by atoms with van der Waals surface area (Å²) >= 11 is 0. The molecule has 0 aliphatic carbocycles. The highest BCUT2D eigenvalue weighted by molar-refractivity contribution is 8.99. The van der Waals surface area contributed by atoms with Gasteiger partial charge in [-0.25, -0.2) is 0 Å². The van der Waals surface area contributed by atoms with E-state index in [9.17, 15) is 4.57 Å². The lowest BCUT2D eigenvalue weighted by atomic mass is 10.6. The molecule has 0 aromatic rings. The molecule has 0 spiro atoms. The fraction of sp³-hybridized carbons (Fsp3) is 0.833. The summed E-state index contributed by atoms with van der Waals surface area (Å²) in [5.41, 5.74) is 0. The van der Waals surface area contributed by atoms with Crippen LogP contribution in [0.1, 0.15) is 13.3 Å². The number of hydrogen-bond donors (Lipinski definition) is 1. The van der Waals surface area contributed by atoms with Crippen LogP contribution in [-0.4, -0.2) is 26.2 Å². The van der Waals surface area contributed by atoms with Gasteiger partial charge in [0, 0.05) is 30.3 Å². The summed E-state index contributed by atoms with van der Waals surface area (Å²) in [6.07, 6.45) is 2.45. The van der Waals surface area contributed by atoms with Gasteiger partial charge in [0.2, 0.25) is 0 Å². The molecule has 0 aliphatic heterocycles. The molecule has 0 saturated heterocycles. The van der Waals surface area contributed by atoms with Gasteiger partial charge in [0.1, 0.15) is 0 Å². The number of aliphatic imine (C=N–C) groups is 1. The first kappa shape index (κ1) is 13.4. The van der Waals surface area contributed by atoms with Crippen LogP contribution in [0.15, 0.2) is 4.99 Å². The zero-order chi connectivity index (χ0) is 10.2. The minimum absolute atomic E-state index is 0.961. The van der Waals surface area contributed by atoms with Crippen molar-refractivity contribution in [2.75, 3.05) is 19.9 Å². The summed E-state index contributed by atoms with van der Waals surface area (Å²) < 4.78 is 16.6. The first-order valence-electron chi connectivity index (χ1n) is 3.84. The fourth-order valence-corrected chi connectivity index (χ4v) is 5.72. The van der Waals surface area contributed by atoms with Crippen molar-refractivity contribution < 1.29 is 9.09 Å². The van der Waals surface area contributed by atoms with Crippen LogP contribution in [0.3, 0.4) is 0 Å². The van der Waals surface area contributed by atoms with Crippen LogP contribution in [0.5, 0.6) is 0 Å². The molecule has 0 radical (unpaired) electrons. The molecular formula is C6H15N2O2PS2. The van der Waals surface area contributed by atoms with Crippen molar-refractivity contribution in [3.8, 4) is 0 Å². The van der Waals surface area contributed by atoms with Gasteiger partial charge in [-0.15, -0.1) is 0 Å². The highest BCUT2D eigenvalue weighted by Gasteiger charge is 2.20. The van der Waals surface area contributed by atoms with Crippen LogP contribution >= 0.6 is 27.9 Å². The molecule has 4 nitrogen and oxygen atoms in total. The van der Waals surface area contributed by atoms with Crippen LogP contribution in [0.2, 0.25) is 0 Å². The first-order chi connectivity index (χ1) is 6.18. The Morgan fingerprint density at radius 1 is 1.69 bits per heavy atom. The van der Waals surface area contributed by atoms with Crippen molar-refractivity contribution >= 4 is 34.3 Å². The van der Waals surface area contributed by atoms with Gasteiger partial charge >= 0.3 is 6.72 Å². The zero-order valence-electron chi connectivity index (χ0n) is 8.02. The Morgan fingerprint density at radius 3 is 2.85 bits per heavy atom. The van der Waals surface area contributed by atoms with Gasteiger partial charge < -0.3 is 4.52 Å². The molecule has 0 aromatic heterocycles. The van der Waals surface area contributed by atoms with Crippen molar-refractivity contribution in [2.24, 2.45) is 4.99 Å². The van der Waals surface area contributed by atoms with E-state index in [-0.39, 0.29) is 0 Å². The third-order valence-corrected chi connectivity index (χ3v) is 7.70. The van der Waals surface area contributed by atoms with Crippen LogP contribution in [0.25, 0.3) is 0 Å². The van der Waals surface area contributed by atoms with E-state index in [1.54, 1.807) is 7.05 Å². The predicted molar refractivity (Wildman–Crippen MR) is 62.5 cm³/mol. The standard InChI is InChI=1S/C6H15N2O2PS2/c1-4-5-12-13-11(9,10-3)8-6-7-2/h6H,4-5H2,1-3H3,(H,7,8,9). The number of hydrogen-bond acceptors (Lipinski definition) is 5. The van der Waals surface area contributed by atoms with Gasteiger partial charge in [-0.3, -0.25) is 14.6 Å². The normalized spacial score (nSPS) is 15.9. The molecular weight excluding hydrogens is 227 g/mol. The lowest BCUT2D eigenvalue weighted by molar-refractivity contribution is 0.406. The van der Waals surface area contributed by atoms with E-state index in [1.807, 2.05) is 0 Å². The Kier molecular flexibility index (Phi) is 7.95. The molecule has 0 fully saturated rings. The topological polar surface area (TPSA) is 50.7 Å². The SMILES string of the molecule is CCCSSP(=O)(NC=NC)OC. The molecule has 78 valence electrons. The van der Waals surface area contributed by atoms with Crippen molar-refractivity contribution in [1.29, 1.82) is 0 Å². The highest BCUT2D eigenvalue weighted by Crippen LogP contribution is 2.60. The van der Waals surface area contributed by atoms with Crippen molar-refractivity contribution in [2.45, 2.75) is 13.3 Å². The van der Waals surface area contributed by atoms with Gasteiger partial charge in [-0.1, -0.05) is 17.7 Å². The fourth-order valence-electron chi connectivity index (χ4n) is 0.423. The van der Waals surface area contributed by atoms with E-state index in [4.69, 9.17) is 4.52 Å². The Bertz CT molecular complexity index is 201. The Morgan fingerprint density at radius 2 is 2.38 bits per heavy atom. The van der Waals surface area contributed by atoms with Gasteiger partial charge in [0.15, 0.2) is 0 Å². The largest absolute Gasteiger partial charge is 0.361 e. The quantitative estimate of drug-likeness (QED) is 0.244. The van der Waals surface area contributed by atoms with Gasteiger partial charge in [0.05, 0.1) is 6.34 Å². The van der Waals surface area contributed by atoms with Crippen molar-refractivity contribution in [1.82, 2.24) is 5.09 Å². The lowest BCUT2D eigenvalue weighted by Crippen LogP contribution is -2.05. The van der Waals surface area contributed by atoms with E-state index < -0.39 is 6.72 Å². The second kappa shape index (κ2) is 7.74. The van der Waals surface area contributed by atoms with Gasteiger partial charge in [0.25, 0.3) is 0 Å². The summed E-state index contributed by atoms with van der Waals surface area (Å²) in [7, 11) is 5.81. The van der Waals surface area contributed by atoms with Crippen LogP contribution < -0.4 is 5.09 Å². The van der Waals surface area contributed by atoms with E-state index in [0.717, 1.165) is 12.2 Å². The van der Waals surface area contributed by atoms with E-state index in [2.05, 4.69) is 17.0 Å². The molecule has 0 aliphatic rings. The Balaban J connectivity index is 3.89. The molecule has 1 N–H and O–H groups in total. The van der Waals surface area contributed by atoms with Crippen LogP contribution in [0.4, 0.5) is 0 Å². The average Bonchev–Trinajstić information content (AvgIpc) is 2.15. The van der Waals surface area contributed by atoms with Crippen LogP contribution in [-0.2, 0) is 9.09 Å². The molecule has 1 unspecified atom stereocenters. The maximum atomic E-state index is 11.7. The summed E-state index contributed by atoms with van der Waals surface area (Å²) in [5, 5.41) is 2.64. The van der Waals surface area contributed by atoms with Crippen molar-refractivity contribution in [3.05, 3.63) is 0 Å². The zero-order valence-corrected chi connectivity index (χ0v) is 10.5. The molecule has 7 heteroatoms. The smallest absolute Gasteiger partial charge is 0.309 e. The molecule has 0 aromatic carbocycles. The van der Waals surface area contributed by atoms with Gasteiger partial charge in [-0.05, 0) is 6.42 Å². The maximum Gasteiger partial charge on any atom is 0.361 e. The number of nitrogens with zero attached hydrogens (tertiary/aromatic N) is 1. The molecule has 0 heterocycles. The van der Waals surface area contributed by atoms with E-state index in [1.165, 1.54) is 34.7 Å². The molecule has 0 bridgehead atoms. The second-order valence-electron chi connectivity index (χ2n) is 2.09. The number of nitrogens with one attached hydrogen (secondary N) is 1. The summed E-state index contributed by atoms with van der Waals surface area (Å²) in [4.78, 5) is 3.69. The van der Waals surface area contributed by atoms with E-state index >= 15 is 0 Å². The third kappa shape index (κ3) is 6.43. The summed E-state index contributed by atoms with van der Waals surface area (Å²) in [6, 6.07) is 0. The first-order valence-corrected chi connectivity index (χ1v) is 8.38. The Labute approximate surface area is 86.9 Å². The minimum Gasteiger partial charge on any atom is -0.309 e. The molecule has 0 saturated carbocycles. The lowest BCUT2D eigenvalue weighted by Gasteiger charge is -2.12. The third-order valence-electron chi connectivity index (χ3n) is 1.02. The molecule has 0 amide bonds. The van der Waals surface area contributed by atoms with Crippen molar-refractivity contribution in [3.63, 3.8) is 0 Å². The van der Waals surface area contributed by atoms with E-state index in [0.29, 0.717) is 0 Å². The maximum absolute atomic E-state index is 11.7. The predicted octanol–water partition coefficient (Wildman–Crippen LogP) is 2.78. The average molecular weight is 242 g/mol. The van der Waals surface area contributed by atoms with Crippen LogP contribution in [0, 0.1) is 0 Å². The summed E-state index contributed by atoms with van der Waals surface area (Å²) in [6.45, 7) is -0.691. The number of rotatable bonds is 7. The summed E-state index contributed by atoms with van der Waals surface area (Å²) in [5.74, 6) is 0.961. The highest BCUT2D eigenvalue weighted by atomic mass is 33.3. The monoisotopic (exact) mass is 242 g/mol. The molecule has 13 heavy (non-hydrogen) atoms. The minimum atomic E-state index is -2.77. The molecule has 1 atom stereocenters. The second-order valence-corrected chi connectivity index (χ2v) is 8.44. The van der Waals surface area contributed by atoms with Gasteiger partial charge in [-0.2, -0.15) is 0 Å². The molecule has 0 rings (SSSR count).